The molecule has 1 fully saturated rings. The number of likely N-dealkylation sites (tertiary alicyclic amines) is 1. The summed E-state index contributed by atoms with van der Waals surface area (Å²) in [7, 11) is 1.18. The number of benzene rings is 2. The van der Waals surface area contributed by atoms with Crippen molar-refractivity contribution in [3.05, 3.63) is 82.2 Å². The minimum absolute atomic E-state index is 0.0487. The zero-order valence-electron chi connectivity index (χ0n) is 21.2. The van der Waals surface area contributed by atoms with E-state index >= 15 is 0 Å². The maximum Gasteiger partial charge on any atom is 0.433 e. The first-order valence-electron chi connectivity index (χ1n) is 12.4. The molecule has 1 aliphatic rings. The molecule has 2 aromatic carbocycles. The topological polar surface area (TPSA) is 67.2 Å². The summed E-state index contributed by atoms with van der Waals surface area (Å²) in [6.45, 7) is 4.83. The van der Waals surface area contributed by atoms with Crippen LogP contribution in [0.2, 0.25) is 0 Å². The van der Waals surface area contributed by atoms with E-state index in [1.807, 2.05) is 38.1 Å². The minimum Gasteiger partial charge on any atom is -0.338 e. The van der Waals surface area contributed by atoms with E-state index in [0.717, 1.165) is 23.0 Å². The highest BCUT2D eigenvalue weighted by molar-refractivity contribution is 5.95. The second kappa shape index (κ2) is 10.8. The van der Waals surface area contributed by atoms with E-state index in [-0.39, 0.29) is 11.8 Å². The molecule has 2 amide bonds. The number of nitrogens with zero attached hydrogens (tertiary/aromatic N) is 3. The lowest BCUT2D eigenvalue weighted by Gasteiger charge is -2.32. The van der Waals surface area contributed by atoms with Crippen molar-refractivity contribution in [1.82, 2.24) is 14.7 Å². The highest BCUT2D eigenvalue weighted by Gasteiger charge is 2.40. The zero-order valence-corrected chi connectivity index (χ0v) is 21.2. The standard InChI is InChI=1S/C28H31F3N4O2/c1-18-14-19(2)16-20(15-18)4-9-25(36)33-23-7-5-21(6-8-23)22-10-12-35(13-11-22)27(37)24-17-32-34(3)26(24)28(29,30)31/h5-8,14-17,22H,4,9-13H2,1-3H3,(H,33,36). The molecule has 9 heteroatoms. The van der Waals surface area contributed by atoms with Crippen LogP contribution in [0.5, 0.6) is 0 Å². The molecule has 1 aliphatic heterocycles. The van der Waals surface area contributed by atoms with Crippen LogP contribution in [0.1, 0.15) is 63.5 Å². The van der Waals surface area contributed by atoms with Gasteiger partial charge in [-0.2, -0.15) is 18.3 Å². The van der Waals surface area contributed by atoms with Crippen LogP contribution in [0.4, 0.5) is 18.9 Å². The first-order chi connectivity index (χ1) is 17.5. The summed E-state index contributed by atoms with van der Waals surface area (Å²) in [5.41, 5.74) is 3.88. The molecule has 0 unspecified atom stereocenters. The molecule has 0 saturated carbocycles. The third-order valence-corrected chi connectivity index (χ3v) is 6.81. The summed E-state index contributed by atoms with van der Waals surface area (Å²) in [5, 5.41) is 6.58. The highest BCUT2D eigenvalue weighted by Crippen LogP contribution is 2.34. The van der Waals surface area contributed by atoms with Crippen LogP contribution < -0.4 is 5.32 Å². The van der Waals surface area contributed by atoms with Gasteiger partial charge in [0.15, 0.2) is 5.69 Å². The van der Waals surface area contributed by atoms with Crippen LogP contribution in [0.25, 0.3) is 0 Å². The quantitative estimate of drug-likeness (QED) is 0.464. The van der Waals surface area contributed by atoms with E-state index in [1.54, 1.807) is 0 Å². The van der Waals surface area contributed by atoms with Crippen LogP contribution in [0, 0.1) is 13.8 Å². The van der Waals surface area contributed by atoms with Gasteiger partial charge in [0.25, 0.3) is 5.91 Å². The number of rotatable bonds is 6. The molecule has 196 valence electrons. The molecule has 1 N–H and O–H groups in total. The maximum atomic E-state index is 13.4. The van der Waals surface area contributed by atoms with Crippen LogP contribution in [-0.2, 0) is 24.4 Å². The molecule has 2 heterocycles. The number of nitrogens with one attached hydrogen (secondary N) is 1. The van der Waals surface area contributed by atoms with Gasteiger partial charge in [0.2, 0.25) is 5.91 Å². The lowest BCUT2D eigenvalue weighted by atomic mass is 9.89. The predicted octanol–water partition coefficient (Wildman–Crippen LogP) is 5.65. The summed E-state index contributed by atoms with van der Waals surface area (Å²) in [5.74, 6) is -0.500. The summed E-state index contributed by atoms with van der Waals surface area (Å²) in [6, 6.07) is 14.0. The highest BCUT2D eigenvalue weighted by atomic mass is 19.4. The number of aromatic nitrogens is 2. The van der Waals surface area contributed by atoms with Crippen LogP contribution in [0.15, 0.2) is 48.7 Å². The van der Waals surface area contributed by atoms with Gasteiger partial charge in [0.1, 0.15) is 0 Å². The molecule has 0 atom stereocenters. The Bertz CT molecular complexity index is 1250. The van der Waals surface area contributed by atoms with Crippen molar-refractivity contribution in [3.8, 4) is 0 Å². The number of halogens is 3. The fraction of sp³-hybridized carbons (Fsp3) is 0.393. The van der Waals surface area contributed by atoms with Gasteiger partial charge in [-0.1, -0.05) is 41.5 Å². The van der Waals surface area contributed by atoms with E-state index in [4.69, 9.17) is 0 Å². The van der Waals surface area contributed by atoms with Crippen molar-refractivity contribution in [2.24, 2.45) is 7.05 Å². The van der Waals surface area contributed by atoms with Gasteiger partial charge in [0.05, 0.1) is 11.8 Å². The normalized spacial score (nSPS) is 14.6. The summed E-state index contributed by atoms with van der Waals surface area (Å²) in [6.07, 6.45) is -1.29. The Labute approximate surface area is 214 Å². The van der Waals surface area contributed by atoms with E-state index in [2.05, 4.69) is 28.6 Å². The van der Waals surface area contributed by atoms with E-state index in [9.17, 15) is 22.8 Å². The van der Waals surface area contributed by atoms with Crippen LogP contribution in [-0.4, -0.2) is 39.6 Å². The molecule has 0 spiro atoms. The molecular formula is C28H31F3N4O2. The van der Waals surface area contributed by atoms with Gasteiger partial charge >= 0.3 is 6.18 Å². The second-order valence-corrected chi connectivity index (χ2v) is 9.76. The van der Waals surface area contributed by atoms with Gasteiger partial charge < -0.3 is 10.2 Å². The third-order valence-electron chi connectivity index (χ3n) is 6.81. The zero-order chi connectivity index (χ0) is 26.7. The number of hydrogen-bond acceptors (Lipinski definition) is 3. The Morgan fingerprint density at radius 1 is 1.03 bits per heavy atom. The molecule has 3 aromatic rings. The summed E-state index contributed by atoms with van der Waals surface area (Å²) < 4.78 is 40.8. The molecule has 4 rings (SSSR count). The van der Waals surface area contributed by atoms with Gasteiger partial charge in [0, 0.05) is 32.2 Å². The Morgan fingerprint density at radius 2 is 1.65 bits per heavy atom. The average molecular weight is 513 g/mol. The Morgan fingerprint density at radius 3 is 2.24 bits per heavy atom. The maximum absolute atomic E-state index is 13.4. The lowest BCUT2D eigenvalue weighted by Crippen LogP contribution is -2.38. The van der Waals surface area contributed by atoms with Crippen LogP contribution in [0.3, 0.4) is 0 Å². The van der Waals surface area contributed by atoms with E-state index < -0.39 is 23.3 Å². The van der Waals surface area contributed by atoms with E-state index in [1.165, 1.54) is 23.1 Å². The largest absolute Gasteiger partial charge is 0.433 e. The third kappa shape index (κ3) is 6.39. The number of anilines is 1. The monoisotopic (exact) mass is 512 g/mol. The lowest BCUT2D eigenvalue weighted by molar-refractivity contribution is -0.144. The smallest absolute Gasteiger partial charge is 0.338 e. The van der Waals surface area contributed by atoms with Crippen molar-refractivity contribution in [2.45, 2.75) is 51.6 Å². The van der Waals surface area contributed by atoms with E-state index in [0.29, 0.717) is 43.5 Å². The summed E-state index contributed by atoms with van der Waals surface area (Å²) >= 11 is 0. The van der Waals surface area contributed by atoms with Crippen LogP contribution >= 0.6 is 0 Å². The van der Waals surface area contributed by atoms with Crippen molar-refractivity contribution in [1.29, 1.82) is 0 Å². The Balaban J connectivity index is 1.29. The molecule has 1 aromatic heterocycles. The molecule has 0 bridgehead atoms. The number of aryl methyl sites for hydroxylation is 4. The molecule has 0 aliphatic carbocycles. The van der Waals surface area contributed by atoms with Crippen molar-refractivity contribution >= 4 is 17.5 Å². The molecule has 6 nitrogen and oxygen atoms in total. The number of alkyl halides is 3. The van der Waals surface area contributed by atoms with Crippen molar-refractivity contribution in [2.75, 3.05) is 18.4 Å². The predicted molar refractivity (Wildman–Crippen MR) is 135 cm³/mol. The average Bonchev–Trinajstić information content (AvgIpc) is 3.24. The molecule has 0 radical (unpaired) electrons. The van der Waals surface area contributed by atoms with Crippen molar-refractivity contribution < 1.29 is 22.8 Å². The Hall–Kier alpha value is -3.62. The number of carbonyl (C=O) groups is 2. The fourth-order valence-electron chi connectivity index (χ4n) is 5.05. The number of hydrogen-bond donors (Lipinski definition) is 1. The summed E-state index contributed by atoms with van der Waals surface area (Å²) in [4.78, 5) is 26.7. The van der Waals surface area contributed by atoms with Gasteiger partial charge in [-0.15, -0.1) is 0 Å². The Kier molecular flexibility index (Phi) is 7.71. The van der Waals surface area contributed by atoms with Crippen molar-refractivity contribution in [3.63, 3.8) is 0 Å². The fourth-order valence-corrected chi connectivity index (χ4v) is 5.05. The number of carbonyl (C=O) groups excluding carboxylic acids is 2. The van der Waals surface area contributed by atoms with Gasteiger partial charge in [-0.25, -0.2) is 0 Å². The first kappa shape index (κ1) is 26.4. The number of amides is 2. The SMILES string of the molecule is Cc1cc(C)cc(CCC(=O)Nc2ccc(C3CCN(C(=O)c4cnn(C)c4C(F)(F)F)CC3)cc2)c1. The second-order valence-electron chi connectivity index (χ2n) is 9.76. The first-order valence-corrected chi connectivity index (χ1v) is 12.4. The van der Waals surface area contributed by atoms with Gasteiger partial charge in [-0.3, -0.25) is 14.3 Å². The minimum atomic E-state index is -4.65. The number of piperidine rings is 1. The molecule has 37 heavy (non-hydrogen) atoms. The van der Waals surface area contributed by atoms with Gasteiger partial charge in [-0.05, 0) is 62.3 Å². The molecular weight excluding hydrogens is 481 g/mol. The molecule has 1 saturated heterocycles.